The molecule has 0 fully saturated rings. The van der Waals surface area contributed by atoms with E-state index in [-0.39, 0.29) is 0 Å². The lowest BCUT2D eigenvalue weighted by Gasteiger charge is -2.04. The molecule has 1 aliphatic rings. The molecule has 0 radical (unpaired) electrons. The van der Waals surface area contributed by atoms with Crippen molar-refractivity contribution in [1.82, 2.24) is 9.97 Å². The Morgan fingerprint density at radius 2 is 1.88 bits per heavy atom. The van der Waals surface area contributed by atoms with Crippen LogP contribution < -0.4 is 15.3 Å². The van der Waals surface area contributed by atoms with E-state index in [1.807, 2.05) is 48.6 Å². The fraction of sp³-hybridized carbons (Fsp3) is 0. The van der Waals surface area contributed by atoms with Crippen LogP contribution in [-0.2, 0) is 0 Å². The van der Waals surface area contributed by atoms with Crippen molar-refractivity contribution >= 4 is 45.1 Å². The van der Waals surface area contributed by atoms with Gasteiger partial charge in [0.1, 0.15) is 12.1 Å². The summed E-state index contributed by atoms with van der Waals surface area (Å²) in [5.41, 5.74) is 0.804. The molecule has 0 N–H and O–H groups in total. The van der Waals surface area contributed by atoms with Crippen LogP contribution in [0.5, 0.6) is 5.75 Å². The van der Waals surface area contributed by atoms with Gasteiger partial charge in [0.2, 0.25) is 0 Å². The number of halogens is 1. The van der Waals surface area contributed by atoms with Gasteiger partial charge in [-0.2, -0.15) is 0 Å². The van der Waals surface area contributed by atoms with Crippen LogP contribution in [0.2, 0.25) is 0 Å². The van der Waals surface area contributed by atoms with Gasteiger partial charge < -0.3 is 4.74 Å². The number of fused-ring (bicyclic) bond motifs is 2. The summed E-state index contributed by atoms with van der Waals surface area (Å²) in [7, 11) is 0. The number of hydrogen-bond acceptors (Lipinski definition) is 5. The van der Waals surface area contributed by atoms with E-state index in [4.69, 9.17) is 9.73 Å². The maximum absolute atomic E-state index is 5.64. The first-order chi connectivity index (χ1) is 12.8. The minimum absolute atomic E-state index is 0.578. The summed E-state index contributed by atoms with van der Waals surface area (Å²) >= 11 is 3.50. The van der Waals surface area contributed by atoms with Crippen LogP contribution in [0.15, 0.2) is 81.7 Å². The Bertz CT molecular complexity index is 1180. The fourth-order valence-corrected chi connectivity index (χ4v) is 2.82. The number of rotatable bonds is 0. The average Bonchev–Trinajstić information content (AvgIpc) is 2.65. The van der Waals surface area contributed by atoms with Gasteiger partial charge in [-0.3, -0.25) is 4.99 Å². The Morgan fingerprint density at radius 1 is 0.923 bits per heavy atom. The van der Waals surface area contributed by atoms with E-state index in [0.717, 1.165) is 26.0 Å². The van der Waals surface area contributed by atoms with Gasteiger partial charge in [0.25, 0.3) is 0 Å². The molecule has 6 heteroatoms. The highest BCUT2D eigenvalue weighted by Gasteiger charge is 2.05. The number of aromatic nitrogens is 2. The third kappa shape index (κ3) is 3.60. The first-order valence-electron chi connectivity index (χ1n) is 7.90. The summed E-state index contributed by atoms with van der Waals surface area (Å²) in [6.45, 7) is 0. The lowest BCUT2D eigenvalue weighted by Crippen LogP contribution is -2.24. The standard InChI is InChI=1S/C20H13BrN4O/c21-15-5-4-14-12-22-8-2-1-3-9-26-16-6-7-18-17(11-16)20(24-13-23-18)25-19(14)10-15/h1-13H. The Hall–Kier alpha value is -3.12. The number of hydrogen-bond donors (Lipinski definition) is 0. The third-order valence-corrected chi connectivity index (χ3v) is 4.19. The lowest BCUT2D eigenvalue weighted by molar-refractivity contribution is 0.482. The molecule has 0 saturated carbocycles. The largest absolute Gasteiger partial charge is 0.465 e. The first-order valence-corrected chi connectivity index (χ1v) is 8.70. The Morgan fingerprint density at radius 3 is 2.85 bits per heavy atom. The van der Waals surface area contributed by atoms with Crippen molar-refractivity contribution < 1.29 is 4.74 Å². The van der Waals surface area contributed by atoms with Gasteiger partial charge in [0.15, 0.2) is 5.82 Å². The molecule has 0 aliphatic carbocycles. The van der Waals surface area contributed by atoms with Crippen LogP contribution >= 0.6 is 15.9 Å². The topological polar surface area (TPSA) is 59.7 Å². The molecular formula is C20H13BrN4O. The normalized spacial score (nSPS) is 13.3. The first kappa shape index (κ1) is 16.4. The molecule has 4 rings (SSSR count). The third-order valence-electron chi connectivity index (χ3n) is 3.70. The second kappa shape index (κ2) is 7.41. The minimum Gasteiger partial charge on any atom is -0.465 e. The second-order valence-electron chi connectivity index (χ2n) is 5.45. The summed E-state index contributed by atoms with van der Waals surface area (Å²) in [6, 6.07) is 11.5. The van der Waals surface area contributed by atoms with Crippen LogP contribution in [0, 0.1) is 0 Å². The van der Waals surface area contributed by atoms with Crippen LogP contribution in [0.4, 0.5) is 5.82 Å². The fourth-order valence-electron chi connectivity index (χ4n) is 2.47. The smallest absolute Gasteiger partial charge is 0.163 e. The summed E-state index contributed by atoms with van der Waals surface area (Å²) < 4.78 is 6.58. The molecule has 0 spiro atoms. The van der Waals surface area contributed by atoms with Gasteiger partial charge in [-0.15, -0.1) is 0 Å². The molecule has 126 valence electrons. The van der Waals surface area contributed by atoms with Crippen LogP contribution in [0.3, 0.4) is 0 Å². The van der Waals surface area contributed by atoms with Crippen molar-refractivity contribution in [2.75, 3.05) is 0 Å². The van der Waals surface area contributed by atoms with E-state index in [9.17, 15) is 0 Å². The quantitative estimate of drug-likeness (QED) is 0.574. The number of nitrogens with zero attached hydrogens (tertiary/aromatic N) is 4. The monoisotopic (exact) mass is 404 g/mol. The van der Waals surface area contributed by atoms with E-state index in [2.05, 4.69) is 30.9 Å². The molecule has 2 aromatic carbocycles. The zero-order chi connectivity index (χ0) is 17.8. The van der Waals surface area contributed by atoms with E-state index < -0.39 is 0 Å². The SMILES string of the molecule is Brc1ccc2c(c1)=Nc1ncnc3ccc(cc13)OC=CC=CC=NC=2. The van der Waals surface area contributed by atoms with Crippen molar-refractivity contribution in [1.29, 1.82) is 0 Å². The molecule has 0 unspecified atom stereocenters. The number of ether oxygens (including phenoxy) is 1. The summed E-state index contributed by atoms with van der Waals surface area (Å²) in [6.07, 6.45) is 12.1. The number of allylic oxidation sites excluding steroid dienone is 3. The van der Waals surface area contributed by atoms with Gasteiger partial charge in [-0.05, 0) is 42.5 Å². The molecule has 2 heterocycles. The van der Waals surface area contributed by atoms with Crippen molar-refractivity contribution in [3.63, 3.8) is 0 Å². The molecule has 0 amide bonds. The van der Waals surface area contributed by atoms with Crippen LogP contribution in [0.25, 0.3) is 17.1 Å². The van der Waals surface area contributed by atoms with E-state index in [1.165, 1.54) is 6.33 Å². The predicted molar refractivity (Wildman–Crippen MR) is 106 cm³/mol. The summed E-state index contributed by atoms with van der Waals surface area (Å²) in [4.78, 5) is 17.7. The van der Waals surface area contributed by atoms with Crippen molar-refractivity contribution in [3.05, 3.63) is 82.3 Å². The van der Waals surface area contributed by atoms with E-state index >= 15 is 0 Å². The molecular weight excluding hydrogens is 392 g/mol. The molecule has 2 bridgehead atoms. The van der Waals surface area contributed by atoms with E-state index in [0.29, 0.717) is 11.6 Å². The predicted octanol–water partition coefficient (Wildman–Crippen LogP) is 3.61. The molecule has 3 aromatic rings. The second-order valence-corrected chi connectivity index (χ2v) is 6.37. The Balaban J connectivity index is 2.04. The van der Waals surface area contributed by atoms with Gasteiger partial charge in [-0.25, -0.2) is 15.0 Å². The highest BCUT2D eigenvalue weighted by molar-refractivity contribution is 9.10. The molecule has 0 saturated heterocycles. The van der Waals surface area contributed by atoms with Crippen molar-refractivity contribution in [2.24, 2.45) is 9.98 Å². The van der Waals surface area contributed by atoms with Crippen LogP contribution in [0.1, 0.15) is 0 Å². The molecule has 5 nitrogen and oxygen atoms in total. The molecule has 1 aromatic heterocycles. The van der Waals surface area contributed by atoms with Crippen molar-refractivity contribution in [2.45, 2.75) is 0 Å². The highest BCUT2D eigenvalue weighted by atomic mass is 79.9. The molecule has 26 heavy (non-hydrogen) atoms. The van der Waals surface area contributed by atoms with Gasteiger partial charge in [-0.1, -0.05) is 28.1 Å². The van der Waals surface area contributed by atoms with Gasteiger partial charge in [0, 0.05) is 27.5 Å². The van der Waals surface area contributed by atoms with Crippen LogP contribution in [-0.4, -0.2) is 16.2 Å². The average molecular weight is 405 g/mol. The Kier molecular flexibility index (Phi) is 4.66. The molecule has 0 atom stereocenters. The number of benzene rings is 2. The minimum atomic E-state index is 0.578. The Labute approximate surface area is 157 Å². The number of aliphatic imine (C=N–C) groups is 1. The lowest BCUT2D eigenvalue weighted by atomic mass is 10.2. The van der Waals surface area contributed by atoms with Gasteiger partial charge >= 0.3 is 0 Å². The van der Waals surface area contributed by atoms with E-state index in [1.54, 1.807) is 24.8 Å². The maximum atomic E-state index is 5.64. The van der Waals surface area contributed by atoms with Crippen molar-refractivity contribution in [3.8, 4) is 5.75 Å². The summed E-state index contributed by atoms with van der Waals surface area (Å²) in [5, 5.41) is 2.47. The van der Waals surface area contributed by atoms with Gasteiger partial charge in [0.05, 0.1) is 17.1 Å². The zero-order valence-corrected chi connectivity index (χ0v) is 15.2. The highest BCUT2D eigenvalue weighted by Crippen LogP contribution is 2.26. The summed E-state index contributed by atoms with van der Waals surface area (Å²) in [5.74, 6) is 1.27. The zero-order valence-electron chi connectivity index (χ0n) is 13.6. The maximum Gasteiger partial charge on any atom is 0.163 e. The molecule has 1 aliphatic heterocycles.